The molecule has 0 aliphatic carbocycles. The van der Waals surface area contributed by atoms with Crippen molar-refractivity contribution in [3.8, 4) is 0 Å². The number of sulfonamides is 1. The molecule has 1 aromatic carbocycles. The molecule has 0 saturated heterocycles. The molecule has 0 heterocycles. The summed E-state index contributed by atoms with van der Waals surface area (Å²) in [5.74, 6) is -1.59. The molecule has 7 nitrogen and oxygen atoms in total. The maximum atomic E-state index is 12.1. The highest BCUT2D eigenvalue weighted by Gasteiger charge is 2.22. The summed E-state index contributed by atoms with van der Waals surface area (Å²) >= 11 is 0. The molecule has 8 heteroatoms. The quantitative estimate of drug-likeness (QED) is 0.797. The van der Waals surface area contributed by atoms with E-state index in [4.69, 9.17) is 5.11 Å². The van der Waals surface area contributed by atoms with Gasteiger partial charge in [0, 0.05) is 19.2 Å². The maximum Gasteiger partial charge on any atom is 0.321 e. The van der Waals surface area contributed by atoms with E-state index in [1.54, 1.807) is 14.0 Å². The third kappa shape index (κ3) is 4.27. The van der Waals surface area contributed by atoms with Crippen molar-refractivity contribution in [3.63, 3.8) is 0 Å². The Hall–Kier alpha value is -1.93. The Morgan fingerprint density at radius 3 is 2.52 bits per heavy atom. The molecule has 0 bridgehead atoms. The lowest BCUT2D eigenvalue weighted by Crippen LogP contribution is -2.38. The maximum absolute atomic E-state index is 12.1. The van der Waals surface area contributed by atoms with Gasteiger partial charge in [0.05, 0.1) is 4.90 Å². The first kappa shape index (κ1) is 17.1. The van der Waals surface area contributed by atoms with Gasteiger partial charge in [-0.15, -0.1) is 0 Å². The molecule has 0 aliphatic heterocycles. The summed E-state index contributed by atoms with van der Waals surface area (Å²) in [5, 5.41) is 8.75. The van der Waals surface area contributed by atoms with Gasteiger partial charge < -0.3 is 10.0 Å². The fourth-order valence-electron chi connectivity index (χ4n) is 1.51. The van der Waals surface area contributed by atoms with Crippen LogP contribution in [0.5, 0.6) is 0 Å². The second-order valence-electron chi connectivity index (χ2n) is 4.53. The number of carboxylic acids is 1. The Morgan fingerprint density at radius 2 is 2.00 bits per heavy atom. The molecule has 0 spiro atoms. The molecule has 0 aromatic heterocycles. The summed E-state index contributed by atoms with van der Waals surface area (Å²) in [6.07, 6.45) is 0. The first-order valence-electron chi connectivity index (χ1n) is 6.29. The normalized spacial score (nSPS) is 12.7. The lowest BCUT2D eigenvalue weighted by Gasteiger charge is -2.15. The van der Waals surface area contributed by atoms with Crippen molar-refractivity contribution in [2.75, 3.05) is 13.6 Å². The number of benzene rings is 1. The van der Waals surface area contributed by atoms with E-state index in [-0.39, 0.29) is 16.4 Å². The zero-order valence-electron chi connectivity index (χ0n) is 12.0. The Labute approximate surface area is 123 Å². The molecule has 1 rings (SSSR count). The fourth-order valence-corrected chi connectivity index (χ4v) is 2.75. The van der Waals surface area contributed by atoms with E-state index < -0.39 is 22.0 Å². The van der Waals surface area contributed by atoms with Crippen LogP contribution in [0.2, 0.25) is 0 Å². The number of hydrogen-bond donors (Lipinski definition) is 2. The Bertz CT molecular complexity index is 642. The van der Waals surface area contributed by atoms with Crippen molar-refractivity contribution in [1.29, 1.82) is 0 Å². The van der Waals surface area contributed by atoms with Crippen LogP contribution < -0.4 is 4.72 Å². The topological polar surface area (TPSA) is 104 Å². The van der Waals surface area contributed by atoms with E-state index in [1.165, 1.54) is 36.1 Å². The van der Waals surface area contributed by atoms with E-state index >= 15 is 0 Å². The molecular weight excluding hydrogens is 296 g/mol. The molecule has 0 aliphatic rings. The second-order valence-corrected chi connectivity index (χ2v) is 6.24. The summed E-state index contributed by atoms with van der Waals surface area (Å²) in [5.41, 5.74) is 0.227. The Balaban J connectivity index is 3.10. The summed E-state index contributed by atoms with van der Waals surface area (Å²) in [6, 6.07) is 4.23. The highest BCUT2D eigenvalue weighted by Crippen LogP contribution is 2.13. The van der Waals surface area contributed by atoms with E-state index in [9.17, 15) is 18.0 Å². The van der Waals surface area contributed by atoms with Crippen LogP contribution in [0.3, 0.4) is 0 Å². The third-order valence-electron chi connectivity index (χ3n) is 2.91. The number of carbonyl (C=O) groups is 2. The highest BCUT2D eigenvalue weighted by atomic mass is 32.2. The molecule has 1 aromatic rings. The predicted molar refractivity (Wildman–Crippen MR) is 76.5 cm³/mol. The first-order chi connectivity index (χ1) is 9.69. The summed E-state index contributed by atoms with van der Waals surface area (Å²) < 4.78 is 26.2. The van der Waals surface area contributed by atoms with Crippen LogP contribution in [0.25, 0.3) is 0 Å². The summed E-state index contributed by atoms with van der Waals surface area (Å²) in [6.45, 7) is 3.51. The van der Waals surface area contributed by atoms with Crippen LogP contribution in [0.15, 0.2) is 29.2 Å². The van der Waals surface area contributed by atoms with Gasteiger partial charge in [0.15, 0.2) is 0 Å². The molecule has 116 valence electrons. The van der Waals surface area contributed by atoms with Gasteiger partial charge in [-0.1, -0.05) is 6.07 Å². The lowest BCUT2D eigenvalue weighted by molar-refractivity contribution is -0.138. The van der Waals surface area contributed by atoms with E-state index in [2.05, 4.69) is 0 Å². The molecule has 21 heavy (non-hydrogen) atoms. The van der Waals surface area contributed by atoms with E-state index in [0.29, 0.717) is 6.54 Å². The summed E-state index contributed by atoms with van der Waals surface area (Å²) in [7, 11) is -2.39. The molecule has 0 saturated carbocycles. The largest absolute Gasteiger partial charge is 0.480 e. The Kier molecular flexibility index (Phi) is 5.45. The van der Waals surface area contributed by atoms with Gasteiger partial charge in [0.1, 0.15) is 6.04 Å². The van der Waals surface area contributed by atoms with Crippen molar-refractivity contribution < 1.29 is 23.1 Å². The van der Waals surface area contributed by atoms with Crippen molar-refractivity contribution in [1.82, 2.24) is 9.62 Å². The number of carbonyl (C=O) groups excluding carboxylic acids is 1. The molecule has 1 atom stereocenters. The van der Waals surface area contributed by atoms with Crippen molar-refractivity contribution >= 4 is 21.9 Å². The number of nitrogens with zero attached hydrogens (tertiary/aromatic N) is 1. The predicted octanol–water partition coefficient (Wildman–Crippen LogP) is 0.530. The van der Waals surface area contributed by atoms with Gasteiger partial charge >= 0.3 is 5.97 Å². The van der Waals surface area contributed by atoms with E-state index in [1.807, 2.05) is 4.72 Å². The average Bonchev–Trinajstić information content (AvgIpc) is 2.45. The zero-order valence-corrected chi connectivity index (χ0v) is 12.8. The molecule has 2 N–H and O–H groups in total. The fraction of sp³-hybridized carbons (Fsp3) is 0.385. The minimum atomic E-state index is -3.99. The highest BCUT2D eigenvalue weighted by molar-refractivity contribution is 7.89. The molecule has 0 fully saturated rings. The average molecular weight is 314 g/mol. The number of amides is 1. The smallest absolute Gasteiger partial charge is 0.321 e. The van der Waals surface area contributed by atoms with Crippen molar-refractivity contribution in [3.05, 3.63) is 29.8 Å². The molecule has 1 amide bonds. The van der Waals surface area contributed by atoms with Crippen LogP contribution in [-0.4, -0.2) is 49.9 Å². The van der Waals surface area contributed by atoms with Crippen LogP contribution >= 0.6 is 0 Å². The number of hydrogen-bond acceptors (Lipinski definition) is 4. The van der Waals surface area contributed by atoms with Crippen molar-refractivity contribution in [2.45, 2.75) is 24.8 Å². The molecule has 0 unspecified atom stereocenters. The summed E-state index contributed by atoms with van der Waals surface area (Å²) in [4.78, 5) is 24.0. The third-order valence-corrected chi connectivity index (χ3v) is 4.45. The molecular formula is C13H18N2O5S. The van der Waals surface area contributed by atoms with E-state index in [0.717, 1.165) is 0 Å². The van der Waals surface area contributed by atoms with Crippen LogP contribution in [0.4, 0.5) is 0 Å². The van der Waals surface area contributed by atoms with Crippen molar-refractivity contribution in [2.24, 2.45) is 0 Å². The van der Waals surface area contributed by atoms with Gasteiger partial charge in [0.25, 0.3) is 5.91 Å². The minimum Gasteiger partial charge on any atom is -0.480 e. The number of aliphatic carboxylic acids is 1. The SMILES string of the molecule is CCN(C)C(=O)c1cccc(S(=O)(=O)N[C@H](C)C(=O)O)c1. The zero-order chi connectivity index (χ0) is 16.2. The van der Waals surface area contributed by atoms with Crippen LogP contribution in [0.1, 0.15) is 24.2 Å². The Morgan fingerprint density at radius 1 is 1.38 bits per heavy atom. The van der Waals surface area contributed by atoms with Crippen LogP contribution in [0, 0.1) is 0 Å². The van der Waals surface area contributed by atoms with Gasteiger partial charge in [-0.25, -0.2) is 8.42 Å². The van der Waals surface area contributed by atoms with Gasteiger partial charge in [-0.05, 0) is 32.0 Å². The van der Waals surface area contributed by atoms with Gasteiger partial charge in [-0.3, -0.25) is 9.59 Å². The minimum absolute atomic E-state index is 0.147. The standard InChI is InChI=1S/C13H18N2O5S/c1-4-15(3)12(16)10-6-5-7-11(8-10)21(19,20)14-9(2)13(17)18/h5-9,14H,4H2,1-3H3,(H,17,18)/t9-/m1/s1. The van der Waals surface area contributed by atoms with Crippen LogP contribution in [-0.2, 0) is 14.8 Å². The second kappa shape index (κ2) is 6.68. The number of nitrogens with one attached hydrogen (secondary N) is 1. The molecule has 0 radical (unpaired) electrons. The monoisotopic (exact) mass is 314 g/mol. The van der Waals surface area contributed by atoms with Gasteiger partial charge in [-0.2, -0.15) is 4.72 Å². The van der Waals surface area contributed by atoms with Gasteiger partial charge in [0.2, 0.25) is 10.0 Å². The first-order valence-corrected chi connectivity index (χ1v) is 7.78. The number of rotatable bonds is 6. The number of carboxylic acid groups (broad SMARTS) is 1. The lowest BCUT2D eigenvalue weighted by atomic mass is 10.2.